The first-order valence-corrected chi connectivity index (χ1v) is 7.08. The Hall–Kier alpha value is -3.22. The molecule has 1 atom stereocenters. The van der Waals surface area contributed by atoms with Gasteiger partial charge in [0.2, 0.25) is 0 Å². The van der Waals surface area contributed by atoms with E-state index >= 15 is 0 Å². The molecule has 7 nitrogen and oxygen atoms in total. The van der Waals surface area contributed by atoms with Crippen molar-refractivity contribution in [3.8, 4) is 0 Å². The van der Waals surface area contributed by atoms with Crippen LogP contribution in [0.1, 0.15) is 22.1 Å². The standard InChI is InChI=1S/C16H15N5O2/c22-15-9-18-8-13(19-15)16(23)20-14(10-21-7-6-17-11-21)12-4-2-1-3-5-12/h1-9,11,14H,10H2,(H,19,22)(H,20,23)/t14-/m1/s1. The lowest BCUT2D eigenvalue weighted by Gasteiger charge is -2.19. The number of carbonyl (C=O) groups excluding carboxylic acids is 1. The lowest BCUT2D eigenvalue weighted by atomic mass is 10.1. The molecule has 3 rings (SSSR count). The van der Waals surface area contributed by atoms with Gasteiger partial charge in [0.25, 0.3) is 11.5 Å². The minimum Gasteiger partial charge on any atom is -0.342 e. The Morgan fingerprint density at radius 3 is 2.74 bits per heavy atom. The topological polar surface area (TPSA) is 92.7 Å². The molecule has 2 N–H and O–H groups in total. The van der Waals surface area contributed by atoms with Gasteiger partial charge >= 0.3 is 0 Å². The monoisotopic (exact) mass is 309 g/mol. The molecule has 1 aromatic carbocycles. The summed E-state index contributed by atoms with van der Waals surface area (Å²) < 4.78 is 1.88. The fraction of sp³-hybridized carbons (Fsp3) is 0.125. The van der Waals surface area contributed by atoms with Crippen LogP contribution in [-0.4, -0.2) is 25.4 Å². The molecule has 0 saturated carbocycles. The number of H-pyrrole nitrogens is 1. The number of hydrogen-bond acceptors (Lipinski definition) is 4. The summed E-state index contributed by atoms with van der Waals surface area (Å²) in [7, 11) is 0. The van der Waals surface area contributed by atoms with Crippen molar-refractivity contribution in [1.82, 2.24) is 24.8 Å². The molecule has 0 aliphatic carbocycles. The van der Waals surface area contributed by atoms with E-state index in [0.717, 1.165) is 11.8 Å². The highest BCUT2D eigenvalue weighted by atomic mass is 16.2. The largest absolute Gasteiger partial charge is 0.342 e. The highest BCUT2D eigenvalue weighted by Gasteiger charge is 2.17. The molecule has 0 bridgehead atoms. The summed E-state index contributed by atoms with van der Waals surface area (Å²) in [6.07, 6.45) is 7.65. The summed E-state index contributed by atoms with van der Waals surface area (Å²) in [5.41, 5.74) is 0.674. The molecule has 1 amide bonds. The fourth-order valence-electron chi connectivity index (χ4n) is 2.25. The summed E-state index contributed by atoms with van der Waals surface area (Å²) in [5, 5.41) is 2.92. The SMILES string of the molecule is O=C(N[C@H](Cn1ccnc1)c1ccccc1)c1cncc(=O)[nH]1. The predicted molar refractivity (Wildman–Crippen MR) is 83.7 cm³/mol. The maximum Gasteiger partial charge on any atom is 0.269 e. The lowest BCUT2D eigenvalue weighted by Crippen LogP contribution is -2.32. The number of nitrogens with zero attached hydrogens (tertiary/aromatic N) is 3. The van der Waals surface area contributed by atoms with Crippen LogP contribution in [0.3, 0.4) is 0 Å². The molecule has 0 unspecified atom stereocenters. The Morgan fingerprint density at radius 2 is 2.04 bits per heavy atom. The van der Waals surface area contributed by atoms with Gasteiger partial charge in [-0.15, -0.1) is 0 Å². The smallest absolute Gasteiger partial charge is 0.269 e. The van der Waals surface area contributed by atoms with Crippen LogP contribution < -0.4 is 10.9 Å². The Morgan fingerprint density at radius 1 is 1.22 bits per heavy atom. The van der Waals surface area contributed by atoms with Crippen molar-refractivity contribution in [2.75, 3.05) is 0 Å². The fourth-order valence-corrected chi connectivity index (χ4v) is 2.25. The Labute approximate surface area is 132 Å². The molecule has 0 aliphatic heterocycles. The minimum absolute atomic E-state index is 0.129. The van der Waals surface area contributed by atoms with E-state index in [4.69, 9.17) is 0 Å². The van der Waals surface area contributed by atoms with Gasteiger partial charge in [0.15, 0.2) is 0 Å². The number of hydrogen-bond donors (Lipinski definition) is 2. The molecule has 0 radical (unpaired) electrons. The molecule has 23 heavy (non-hydrogen) atoms. The first-order chi connectivity index (χ1) is 11.2. The van der Waals surface area contributed by atoms with Crippen molar-refractivity contribution in [2.45, 2.75) is 12.6 Å². The maximum atomic E-state index is 12.4. The first kappa shape index (κ1) is 14.7. The van der Waals surface area contributed by atoms with E-state index in [1.54, 1.807) is 12.5 Å². The third-order valence-electron chi connectivity index (χ3n) is 3.36. The third-order valence-corrected chi connectivity index (χ3v) is 3.36. The second kappa shape index (κ2) is 6.69. The molecular weight excluding hydrogens is 294 g/mol. The van der Waals surface area contributed by atoms with Gasteiger partial charge in [-0.05, 0) is 5.56 Å². The summed E-state index contributed by atoms with van der Waals surface area (Å²) in [5.74, 6) is -0.385. The van der Waals surface area contributed by atoms with E-state index in [0.29, 0.717) is 6.54 Å². The first-order valence-electron chi connectivity index (χ1n) is 7.08. The van der Waals surface area contributed by atoms with Gasteiger partial charge in [0, 0.05) is 18.9 Å². The molecule has 3 aromatic rings. The Bertz CT molecular complexity index is 827. The number of amides is 1. The summed E-state index contributed by atoms with van der Waals surface area (Å²) >= 11 is 0. The van der Waals surface area contributed by atoms with E-state index < -0.39 is 5.56 Å². The minimum atomic E-state index is -0.413. The van der Waals surface area contributed by atoms with Gasteiger partial charge in [0.05, 0.1) is 24.8 Å². The number of aromatic nitrogens is 4. The number of aromatic amines is 1. The van der Waals surface area contributed by atoms with Crippen LogP contribution in [0.2, 0.25) is 0 Å². The molecule has 7 heteroatoms. The van der Waals surface area contributed by atoms with Crippen molar-refractivity contribution in [1.29, 1.82) is 0 Å². The molecule has 0 aliphatic rings. The predicted octanol–water partition coefficient (Wildman–Crippen LogP) is 1.14. The van der Waals surface area contributed by atoms with Crippen molar-refractivity contribution in [3.63, 3.8) is 0 Å². The van der Waals surface area contributed by atoms with Gasteiger partial charge in [-0.25, -0.2) is 4.98 Å². The third kappa shape index (κ3) is 3.70. The van der Waals surface area contributed by atoms with E-state index in [9.17, 15) is 9.59 Å². The van der Waals surface area contributed by atoms with Crippen molar-refractivity contribution < 1.29 is 4.79 Å². The van der Waals surface area contributed by atoms with Crippen molar-refractivity contribution in [2.24, 2.45) is 0 Å². The molecule has 0 spiro atoms. The number of nitrogens with one attached hydrogen (secondary N) is 2. The number of carbonyl (C=O) groups is 1. The number of benzene rings is 1. The molecule has 2 aromatic heterocycles. The average Bonchev–Trinajstić information content (AvgIpc) is 3.08. The zero-order valence-electron chi connectivity index (χ0n) is 12.2. The molecule has 2 heterocycles. The molecular formula is C16H15N5O2. The zero-order chi connectivity index (χ0) is 16.1. The lowest BCUT2D eigenvalue weighted by molar-refractivity contribution is 0.0927. The van der Waals surface area contributed by atoms with Gasteiger partial charge in [0.1, 0.15) is 5.69 Å². The normalized spacial score (nSPS) is 11.8. The van der Waals surface area contributed by atoms with Gasteiger partial charge in [-0.3, -0.25) is 14.6 Å². The molecule has 0 fully saturated rings. The Balaban J connectivity index is 1.83. The quantitative estimate of drug-likeness (QED) is 0.739. The molecule has 0 saturated heterocycles. The second-order valence-corrected chi connectivity index (χ2v) is 5.01. The van der Waals surface area contributed by atoms with Crippen LogP contribution in [0.5, 0.6) is 0 Å². The van der Waals surface area contributed by atoms with Crippen LogP contribution in [-0.2, 0) is 6.54 Å². The highest BCUT2D eigenvalue weighted by molar-refractivity contribution is 5.92. The van der Waals surface area contributed by atoms with E-state index in [2.05, 4.69) is 20.3 Å². The van der Waals surface area contributed by atoms with E-state index in [1.807, 2.05) is 41.1 Å². The van der Waals surface area contributed by atoms with Gasteiger partial charge < -0.3 is 14.9 Å². The summed E-state index contributed by atoms with van der Waals surface area (Å²) in [6.45, 7) is 0.528. The summed E-state index contributed by atoms with van der Waals surface area (Å²) in [4.78, 5) is 33.9. The highest BCUT2D eigenvalue weighted by Crippen LogP contribution is 2.15. The van der Waals surface area contributed by atoms with Gasteiger partial charge in [-0.1, -0.05) is 30.3 Å². The molecule has 116 valence electrons. The second-order valence-electron chi connectivity index (χ2n) is 5.01. The van der Waals surface area contributed by atoms with Crippen LogP contribution in [0.25, 0.3) is 0 Å². The van der Waals surface area contributed by atoms with Crippen LogP contribution >= 0.6 is 0 Å². The van der Waals surface area contributed by atoms with E-state index in [-0.39, 0.29) is 17.6 Å². The zero-order valence-corrected chi connectivity index (χ0v) is 12.2. The van der Waals surface area contributed by atoms with E-state index in [1.165, 1.54) is 6.20 Å². The Kier molecular flexibility index (Phi) is 4.28. The average molecular weight is 309 g/mol. The van der Waals surface area contributed by atoms with Crippen molar-refractivity contribution in [3.05, 3.63) is 83.1 Å². The van der Waals surface area contributed by atoms with Crippen LogP contribution in [0.4, 0.5) is 0 Å². The van der Waals surface area contributed by atoms with Crippen molar-refractivity contribution >= 4 is 5.91 Å². The maximum absolute atomic E-state index is 12.4. The van der Waals surface area contributed by atoms with Crippen LogP contribution in [0.15, 0.2) is 66.2 Å². The number of imidazole rings is 1. The number of rotatable bonds is 5. The van der Waals surface area contributed by atoms with Gasteiger partial charge in [-0.2, -0.15) is 0 Å². The summed E-state index contributed by atoms with van der Waals surface area (Å²) in [6, 6.07) is 9.35. The van der Waals surface area contributed by atoms with Crippen LogP contribution in [0, 0.1) is 0 Å².